The molecule has 0 spiro atoms. The smallest absolute Gasteiger partial charge is 0.310 e. The monoisotopic (exact) mass is 434 g/mol. The Morgan fingerprint density at radius 1 is 1.08 bits per heavy atom. The third kappa shape index (κ3) is 3.58. The molecule has 0 radical (unpaired) electrons. The number of nitrogens with one attached hydrogen (secondary N) is 1. The Kier molecular flexibility index (Phi) is 5.41. The average Bonchev–Trinajstić information content (AvgIpc) is 3.05. The van der Waals surface area contributed by atoms with Gasteiger partial charge in [0.2, 0.25) is 0 Å². The van der Waals surface area contributed by atoms with Gasteiger partial charge in [0, 0.05) is 32.8 Å². The van der Waals surface area contributed by atoms with Gasteiger partial charge in [-0.15, -0.1) is 11.8 Å². The fourth-order valence-electron chi connectivity index (χ4n) is 4.15. The summed E-state index contributed by atoms with van der Waals surface area (Å²) in [6, 6.07) is 8.39. The van der Waals surface area contributed by atoms with Crippen molar-refractivity contribution >= 4 is 27.7 Å². The summed E-state index contributed by atoms with van der Waals surface area (Å²) in [4.78, 5) is 28.7. The summed E-state index contributed by atoms with van der Waals surface area (Å²) in [5.74, 6) is 0.880. The van der Waals surface area contributed by atoms with Crippen molar-refractivity contribution in [2.45, 2.75) is 62.0 Å². The summed E-state index contributed by atoms with van der Waals surface area (Å²) in [6.45, 7) is 0. The average molecular weight is 435 g/mol. The number of H-pyrrole nitrogens is 1. The van der Waals surface area contributed by atoms with E-state index < -0.39 is 0 Å². The lowest BCUT2D eigenvalue weighted by Crippen LogP contribution is -2.41. The van der Waals surface area contributed by atoms with Gasteiger partial charge in [0.25, 0.3) is 5.56 Å². The van der Waals surface area contributed by atoms with E-state index >= 15 is 0 Å². The molecule has 0 bridgehead atoms. The van der Waals surface area contributed by atoms with E-state index in [1.807, 2.05) is 23.9 Å². The minimum Gasteiger partial charge on any atom is -0.310 e. The molecule has 1 unspecified atom stereocenters. The van der Waals surface area contributed by atoms with Crippen molar-refractivity contribution in [1.82, 2.24) is 9.55 Å². The first-order chi connectivity index (χ1) is 12.6. The minimum absolute atomic E-state index is 0.0395. The van der Waals surface area contributed by atoms with Crippen LogP contribution in [-0.2, 0) is 12.2 Å². The topological polar surface area (TPSA) is 54.9 Å². The Labute approximate surface area is 165 Å². The van der Waals surface area contributed by atoms with Gasteiger partial charge in [0.15, 0.2) is 0 Å². The highest BCUT2D eigenvalue weighted by Gasteiger charge is 2.30. The molecule has 1 aromatic heterocycles. The Hall–Kier alpha value is -1.27. The lowest BCUT2D eigenvalue weighted by molar-refractivity contribution is 0.335. The summed E-state index contributed by atoms with van der Waals surface area (Å²) in [7, 11) is 0. The number of thioether (sulfide) groups is 1. The Balaban J connectivity index is 1.56. The van der Waals surface area contributed by atoms with Crippen LogP contribution in [0.25, 0.3) is 0 Å². The molecular weight excluding hydrogens is 412 g/mol. The number of nitrogens with zero attached hydrogens (tertiary/aromatic N) is 1. The molecule has 1 fully saturated rings. The van der Waals surface area contributed by atoms with Gasteiger partial charge in [-0.05, 0) is 43.4 Å². The molecule has 0 saturated heterocycles. The van der Waals surface area contributed by atoms with Crippen LogP contribution in [-0.4, -0.2) is 9.55 Å². The zero-order chi connectivity index (χ0) is 18.1. The molecule has 4 rings (SSSR count). The normalized spacial score (nSPS) is 20.3. The van der Waals surface area contributed by atoms with Crippen molar-refractivity contribution in [2.75, 3.05) is 0 Å². The quantitative estimate of drug-likeness (QED) is 0.756. The van der Waals surface area contributed by atoms with Crippen molar-refractivity contribution in [3.63, 3.8) is 0 Å². The second-order valence-electron chi connectivity index (χ2n) is 7.25. The molecule has 1 N–H and O–H groups in total. The molecule has 0 aliphatic heterocycles. The first kappa shape index (κ1) is 18.1. The fraction of sp³-hybridized carbons (Fsp3) is 0.500. The first-order valence-corrected chi connectivity index (χ1v) is 11.2. The van der Waals surface area contributed by atoms with Crippen LogP contribution in [0.4, 0.5) is 0 Å². The lowest BCUT2D eigenvalue weighted by Gasteiger charge is -2.23. The van der Waals surface area contributed by atoms with Crippen LogP contribution in [0.15, 0.2) is 38.3 Å². The van der Waals surface area contributed by atoms with Gasteiger partial charge in [-0.25, -0.2) is 4.79 Å². The van der Waals surface area contributed by atoms with Gasteiger partial charge < -0.3 is 4.98 Å². The molecule has 2 aliphatic carbocycles. The summed E-state index contributed by atoms with van der Waals surface area (Å²) in [5.41, 5.74) is 2.71. The molecule has 1 heterocycles. The number of rotatable bonds is 4. The number of fused-ring (bicyclic) bond motifs is 1. The van der Waals surface area contributed by atoms with Crippen LogP contribution >= 0.6 is 27.7 Å². The van der Waals surface area contributed by atoms with E-state index in [-0.39, 0.29) is 22.5 Å². The molecule has 4 nitrogen and oxygen atoms in total. The molecule has 138 valence electrons. The molecule has 2 aromatic rings. The maximum absolute atomic E-state index is 13.0. The van der Waals surface area contributed by atoms with E-state index in [2.05, 4.69) is 33.0 Å². The third-order valence-corrected chi connectivity index (χ3v) is 7.45. The van der Waals surface area contributed by atoms with Crippen LogP contribution in [0.1, 0.15) is 66.6 Å². The van der Waals surface area contributed by atoms with Crippen LogP contribution < -0.4 is 11.2 Å². The second-order valence-corrected chi connectivity index (χ2v) is 9.36. The Morgan fingerprint density at radius 3 is 2.54 bits per heavy atom. The molecule has 6 heteroatoms. The number of hydrogen-bond acceptors (Lipinski definition) is 3. The number of hydrogen-bond donors (Lipinski definition) is 1. The van der Waals surface area contributed by atoms with Crippen molar-refractivity contribution in [2.24, 2.45) is 0 Å². The molecule has 1 saturated carbocycles. The second kappa shape index (κ2) is 7.77. The van der Waals surface area contributed by atoms with Crippen LogP contribution in [0, 0.1) is 0 Å². The molecule has 2 aliphatic rings. The van der Waals surface area contributed by atoms with E-state index in [9.17, 15) is 9.59 Å². The zero-order valence-corrected chi connectivity index (χ0v) is 17.1. The van der Waals surface area contributed by atoms with Gasteiger partial charge >= 0.3 is 5.69 Å². The lowest BCUT2D eigenvalue weighted by atomic mass is 9.95. The standard InChI is InChI=1S/C20H23BrN2O2S/c21-14-8-6-13(7-9-14)12-26-17-11-10-16-18(17)22-20(25)23(19(16)24)15-4-2-1-3-5-15/h6-9,15,17H,1-5,10-12H2,(H,22,25). The third-order valence-electron chi connectivity index (χ3n) is 5.55. The molecule has 0 amide bonds. The summed E-state index contributed by atoms with van der Waals surface area (Å²) < 4.78 is 2.59. The summed E-state index contributed by atoms with van der Waals surface area (Å²) >= 11 is 5.27. The minimum atomic E-state index is -0.211. The van der Waals surface area contributed by atoms with E-state index in [1.165, 1.54) is 16.6 Å². The van der Waals surface area contributed by atoms with Crippen molar-refractivity contribution in [3.8, 4) is 0 Å². The number of benzene rings is 1. The number of aromatic amines is 1. The fourth-order valence-corrected chi connectivity index (χ4v) is 5.66. The highest BCUT2D eigenvalue weighted by molar-refractivity contribution is 9.10. The summed E-state index contributed by atoms with van der Waals surface area (Å²) in [6.07, 6.45) is 7.03. The van der Waals surface area contributed by atoms with E-state index in [1.54, 1.807) is 0 Å². The van der Waals surface area contributed by atoms with Gasteiger partial charge in [-0.3, -0.25) is 9.36 Å². The maximum Gasteiger partial charge on any atom is 0.328 e. The van der Waals surface area contributed by atoms with Crippen LogP contribution in [0.3, 0.4) is 0 Å². The molecular formula is C20H23BrN2O2S. The molecule has 1 atom stereocenters. The first-order valence-electron chi connectivity index (χ1n) is 9.37. The van der Waals surface area contributed by atoms with Gasteiger partial charge in [0.05, 0.1) is 0 Å². The van der Waals surface area contributed by atoms with Gasteiger partial charge in [-0.1, -0.05) is 47.3 Å². The number of halogens is 1. The van der Waals surface area contributed by atoms with Crippen molar-refractivity contribution < 1.29 is 0 Å². The Morgan fingerprint density at radius 2 is 1.81 bits per heavy atom. The van der Waals surface area contributed by atoms with Crippen LogP contribution in [0.2, 0.25) is 0 Å². The van der Waals surface area contributed by atoms with Crippen molar-refractivity contribution in [1.29, 1.82) is 0 Å². The van der Waals surface area contributed by atoms with Gasteiger partial charge in [0.1, 0.15) is 0 Å². The van der Waals surface area contributed by atoms with Crippen molar-refractivity contribution in [3.05, 3.63) is 66.4 Å². The Bertz CT molecular complexity index is 898. The predicted molar refractivity (Wildman–Crippen MR) is 110 cm³/mol. The number of aromatic nitrogens is 2. The van der Waals surface area contributed by atoms with E-state index in [0.717, 1.165) is 60.0 Å². The SMILES string of the molecule is O=c1[nH]c2c(c(=O)n1C1CCCCC1)CCC2SCc1ccc(Br)cc1. The highest BCUT2D eigenvalue weighted by atomic mass is 79.9. The zero-order valence-electron chi connectivity index (χ0n) is 14.7. The largest absolute Gasteiger partial charge is 0.328 e. The molecule has 1 aromatic carbocycles. The van der Waals surface area contributed by atoms with E-state index in [0.29, 0.717) is 0 Å². The molecule has 26 heavy (non-hydrogen) atoms. The summed E-state index contributed by atoms with van der Waals surface area (Å²) in [5, 5.41) is 0.204. The predicted octanol–water partition coefficient (Wildman–Crippen LogP) is 4.73. The highest BCUT2D eigenvalue weighted by Crippen LogP contribution is 2.40. The maximum atomic E-state index is 13.0. The van der Waals surface area contributed by atoms with E-state index in [4.69, 9.17) is 0 Å². The van der Waals surface area contributed by atoms with Gasteiger partial charge in [-0.2, -0.15) is 0 Å². The van der Waals surface area contributed by atoms with Crippen LogP contribution in [0.5, 0.6) is 0 Å².